The van der Waals surface area contributed by atoms with Gasteiger partial charge in [0, 0.05) is 6.54 Å². The molecule has 0 bridgehead atoms. The molecule has 0 aliphatic heterocycles. The molecule has 5 nitrogen and oxygen atoms in total. The molecule has 0 aliphatic carbocycles. The summed E-state index contributed by atoms with van der Waals surface area (Å²) in [6, 6.07) is -0.896. The molecule has 9 heteroatoms. The van der Waals surface area contributed by atoms with Crippen molar-refractivity contribution < 1.29 is 14.3 Å². The Morgan fingerprint density at radius 1 is 1.50 bits per heavy atom. The van der Waals surface area contributed by atoms with Crippen molar-refractivity contribution in [2.75, 3.05) is 25.5 Å². The summed E-state index contributed by atoms with van der Waals surface area (Å²) in [5.41, 5.74) is 5.32. The number of carboxylic acid groups (broad SMARTS) is 1. The average molecular weight is 324 g/mol. The lowest BCUT2D eigenvalue weighted by atomic mass is 10.1. The van der Waals surface area contributed by atoms with Crippen molar-refractivity contribution in [3.05, 3.63) is 0 Å². The fourth-order valence-electron chi connectivity index (χ4n) is 1.35. The van der Waals surface area contributed by atoms with Crippen LogP contribution in [0.5, 0.6) is 0 Å². The van der Waals surface area contributed by atoms with Crippen molar-refractivity contribution in [2.45, 2.75) is 18.9 Å². The Morgan fingerprint density at radius 2 is 2.06 bits per heavy atom. The van der Waals surface area contributed by atoms with E-state index in [2.05, 4.69) is 12.6 Å². The Balaban J connectivity index is -0.00000112. The zero-order valence-electron chi connectivity index (χ0n) is 9.84. The predicted octanol–water partition coefficient (Wildman–Crippen LogP) is 1.20. The van der Waals surface area contributed by atoms with Crippen LogP contribution < -0.4 is 5.73 Å². The number of hydrogen-bond acceptors (Lipinski definition) is 4. The maximum atomic E-state index is 12.4. The minimum atomic E-state index is -1.07. The number of alkyl halides is 1. The molecule has 1 unspecified atom stereocenters. The van der Waals surface area contributed by atoms with Crippen molar-refractivity contribution in [1.29, 1.82) is 5.41 Å². The third-order valence-electron chi connectivity index (χ3n) is 2.14. The lowest BCUT2D eigenvalue weighted by Crippen LogP contribution is -2.46. The molecular weight excluding hydrogens is 304 g/mol. The molecule has 18 heavy (non-hydrogen) atoms. The highest BCUT2D eigenvalue weighted by Gasteiger charge is 2.26. The van der Waals surface area contributed by atoms with Crippen molar-refractivity contribution in [3.63, 3.8) is 0 Å². The van der Waals surface area contributed by atoms with Gasteiger partial charge in [-0.2, -0.15) is 12.6 Å². The number of carboxylic acids is 1. The zero-order chi connectivity index (χ0) is 12.6. The van der Waals surface area contributed by atoms with Crippen LogP contribution in [0.15, 0.2) is 0 Å². The minimum Gasteiger partial charge on any atom is -0.480 e. The Kier molecular flexibility index (Phi) is 16.8. The van der Waals surface area contributed by atoms with E-state index in [4.69, 9.17) is 16.2 Å². The molecular formula is C9H20Cl2FN3O2S. The van der Waals surface area contributed by atoms with E-state index in [9.17, 15) is 9.18 Å². The zero-order valence-corrected chi connectivity index (χ0v) is 12.4. The first-order valence-electron chi connectivity index (χ1n) is 5.02. The van der Waals surface area contributed by atoms with Gasteiger partial charge in [-0.05, 0) is 25.1 Å². The number of nitrogens with one attached hydrogen (secondary N) is 1. The number of thiol groups is 1. The summed E-state index contributed by atoms with van der Waals surface area (Å²) in [6.07, 6.45) is 0.796. The lowest BCUT2D eigenvalue weighted by Gasteiger charge is -2.29. The number of aliphatic carboxylic acids is 1. The summed E-state index contributed by atoms with van der Waals surface area (Å²) in [7, 11) is 0. The Hall–Kier alpha value is -0.240. The van der Waals surface area contributed by atoms with Crippen LogP contribution in [0.3, 0.4) is 0 Å². The van der Waals surface area contributed by atoms with Gasteiger partial charge in [0.1, 0.15) is 18.6 Å². The Morgan fingerprint density at radius 3 is 2.39 bits per heavy atom. The normalized spacial score (nSPS) is 10.8. The molecule has 0 saturated heterocycles. The monoisotopic (exact) mass is 323 g/mol. The second kappa shape index (κ2) is 13.2. The fourth-order valence-corrected chi connectivity index (χ4v) is 1.60. The summed E-state index contributed by atoms with van der Waals surface area (Å²) in [4.78, 5) is 12.2. The van der Waals surface area contributed by atoms with Crippen LogP contribution >= 0.6 is 37.4 Å². The number of nitrogens with zero attached hydrogens (tertiary/aromatic N) is 1. The molecule has 0 amide bonds. The molecule has 0 aromatic carbocycles. The van der Waals surface area contributed by atoms with Crippen LogP contribution in [0.4, 0.5) is 4.39 Å². The van der Waals surface area contributed by atoms with Crippen LogP contribution in [0.1, 0.15) is 12.8 Å². The number of rotatable bonds is 8. The highest BCUT2D eigenvalue weighted by molar-refractivity contribution is 7.80. The predicted molar refractivity (Wildman–Crippen MR) is 78.5 cm³/mol. The van der Waals surface area contributed by atoms with Gasteiger partial charge in [0.25, 0.3) is 0 Å². The van der Waals surface area contributed by atoms with Crippen LogP contribution in [0.2, 0.25) is 0 Å². The van der Waals surface area contributed by atoms with E-state index in [1.807, 2.05) is 0 Å². The third-order valence-corrected chi connectivity index (χ3v) is 2.40. The first-order chi connectivity index (χ1) is 7.58. The Bertz CT molecular complexity index is 250. The molecule has 0 aliphatic rings. The first-order valence-corrected chi connectivity index (χ1v) is 5.65. The molecule has 0 rings (SSSR count). The van der Waals surface area contributed by atoms with E-state index in [0.29, 0.717) is 18.7 Å². The standard InChI is InChI=1S/C9H18FN3O2S.2ClH/c10-6-8(12)13(4-1-3-11)7(2-5-16)9(14)15;;/h7,12,16H,1-6,11H2,(H,14,15);2*1H. The molecule has 0 aromatic heterocycles. The van der Waals surface area contributed by atoms with E-state index in [0.717, 1.165) is 0 Å². The molecule has 1 atom stereocenters. The molecule has 0 fully saturated rings. The molecule has 0 saturated carbocycles. The fraction of sp³-hybridized carbons (Fsp3) is 0.778. The summed E-state index contributed by atoms with van der Waals surface area (Å²) in [5, 5.41) is 16.4. The summed E-state index contributed by atoms with van der Waals surface area (Å²) in [5.74, 6) is -1.01. The molecule has 0 radical (unpaired) electrons. The summed E-state index contributed by atoms with van der Waals surface area (Å²) >= 11 is 3.96. The SMILES string of the molecule is Cl.Cl.N=C(CF)N(CCCN)C(CCS)C(=O)O. The van der Waals surface area contributed by atoms with Gasteiger partial charge in [-0.15, -0.1) is 24.8 Å². The molecule has 0 heterocycles. The smallest absolute Gasteiger partial charge is 0.326 e. The van der Waals surface area contributed by atoms with E-state index in [1.165, 1.54) is 4.90 Å². The van der Waals surface area contributed by atoms with E-state index >= 15 is 0 Å². The van der Waals surface area contributed by atoms with Crippen molar-refractivity contribution in [3.8, 4) is 0 Å². The van der Waals surface area contributed by atoms with Gasteiger partial charge in [-0.3, -0.25) is 5.41 Å². The maximum absolute atomic E-state index is 12.4. The topological polar surface area (TPSA) is 90.4 Å². The molecule has 4 N–H and O–H groups in total. The molecule has 0 aromatic rings. The average Bonchev–Trinajstić information content (AvgIpc) is 2.27. The van der Waals surface area contributed by atoms with Crippen LogP contribution in [0.25, 0.3) is 0 Å². The van der Waals surface area contributed by atoms with Crippen molar-refractivity contribution in [2.24, 2.45) is 5.73 Å². The van der Waals surface area contributed by atoms with Gasteiger partial charge in [-0.1, -0.05) is 0 Å². The van der Waals surface area contributed by atoms with Crippen LogP contribution in [0, 0.1) is 5.41 Å². The van der Waals surface area contributed by atoms with Gasteiger partial charge in [-0.25, -0.2) is 9.18 Å². The summed E-state index contributed by atoms with van der Waals surface area (Å²) in [6.45, 7) is -0.311. The highest BCUT2D eigenvalue weighted by Crippen LogP contribution is 2.08. The second-order valence-electron chi connectivity index (χ2n) is 3.28. The van der Waals surface area contributed by atoms with Gasteiger partial charge >= 0.3 is 5.97 Å². The Labute approximate surface area is 124 Å². The number of carbonyl (C=O) groups is 1. The van der Waals surface area contributed by atoms with Crippen LogP contribution in [-0.2, 0) is 4.79 Å². The molecule has 110 valence electrons. The maximum Gasteiger partial charge on any atom is 0.326 e. The summed E-state index contributed by atoms with van der Waals surface area (Å²) < 4.78 is 12.4. The minimum absolute atomic E-state index is 0. The van der Waals surface area contributed by atoms with Gasteiger partial charge in [0.05, 0.1) is 0 Å². The number of hydrogen-bond donors (Lipinski definition) is 4. The van der Waals surface area contributed by atoms with Crippen LogP contribution in [-0.4, -0.2) is 53.4 Å². The highest BCUT2D eigenvalue weighted by atomic mass is 35.5. The van der Waals surface area contributed by atoms with E-state index < -0.39 is 18.7 Å². The van der Waals surface area contributed by atoms with Gasteiger partial charge < -0.3 is 15.7 Å². The number of halogens is 3. The number of amidine groups is 1. The quantitative estimate of drug-likeness (QED) is 0.307. The van der Waals surface area contributed by atoms with Gasteiger partial charge in [0.15, 0.2) is 0 Å². The number of nitrogens with two attached hydrogens (primary N) is 1. The van der Waals surface area contributed by atoms with Gasteiger partial charge in [0.2, 0.25) is 0 Å². The third kappa shape index (κ3) is 7.97. The lowest BCUT2D eigenvalue weighted by molar-refractivity contribution is -0.141. The second-order valence-corrected chi connectivity index (χ2v) is 3.73. The first kappa shape index (κ1) is 22.9. The largest absolute Gasteiger partial charge is 0.480 e. The molecule has 0 spiro atoms. The van der Waals surface area contributed by atoms with E-state index in [-0.39, 0.29) is 43.6 Å². The van der Waals surface area contributed by atoms with Crippen molar-refractivity contribution in [1.82, 2.24) is 4.90 Å². The van der Waals surface area contributed by atoms with Crippen molar-refractivity contribution >= 4 is 49.2 Å². The van der Waals surface area contributed by atoms with E-state index in [1.54, 1.807) is 0 Å².